The van der Waals surface area contributed by atoms with Crippen molar-refractivity contribution in [3.8, 4) is 0 Å². The Morgan fingerprint density at radius 2 is 1.97 bits per heavy atom. The number of esters is 1. The molecule has 0 fully saturated rings. The third-order valence-corrected chi connectivity index (χ3v) is 6.98. The zero-order valence-electron chi connectivity index (χ0n) is 17.5. The maximum atomic E-state index is 12.6. The van der Waals surface area contributed by atoms with Crippen molar-refractivity contribution in [2.24, 2.45) is 0 Å². The Hall–Kier alpha value is -2.91. The van der Waals surface area contributed by atoms with Gasteiger partial charge in [0.1, 0.15) is 5.00 Å². The van der Waals surface area contributed by atoms with Crippen LogP contribution in [0, 0.1) is 13.8 Å². The SMILES string of the molecule is CCOC(=O)c1c(NC(=O)CCSc2nnc3ccc4ccccc4n23)sc(C)c1C. The maximum absolute atomic E-state index is 12.6. The smallest absolute Gasteiger partial charge is 0.341 e. The molecule has 0 aliphatic heterocycles. The molecule has 160 valence electrons. The summed E-state index contributed by atoms with van der Waals surface area (Å²) in [5, 5.41) is 13.8. The number of benzene rings is 1. The molecule has 31 heavy (non-hydrogen) atoms. The molecule has 0 radical (unpaired) electrons. The third-order valence-electron chi connectivity index (χ3n) is 4.93. The molecule has 1 aromatic carbocycles. The third kappa shape index (κ3) is 4.28. The van der Waals surface area contributed by atoms with Gasteiger partial charge in [-0.1, -0.05) is 30.0 Å². The van der Waals surface area contributed by atoms with E-state index < -0.39 is 5.97 Å². The molecule has 3 aromatic heterocycles. The number of para-hydroxylation sites is 1. The second-order valence-corrected chi connectivity index (χ2v) is 9.21. The quantitative estimate of drug-likeness (QED) is 0.317. The predicted octanol–water partition coefficient (Wildman–Crippen LogP) is 4.86. The van der Waals surface area contributed by atoms with Crippen LogP contribution in [-0.2, 0) is 9.53 Å². The Kier molecular flexibility index (Phi) is 6.24. The molecular formula is C22H22N4O3S2. The number of nitrogens with one attached hydrogen (secondary N) is 1. The second kappa shape index (κ2) is 9.07. The molecule has 4 rings (SSSR count). The first kappa shape index (κ1) is 21.3. The van der Waals surface area contributed by atoms with Crippen LogP contribution < -0.4 is 5.32 Å². The first-order chi connectivity index (χ1) is 15.0. The van der Waals surface area contributed by atoms with E-state index in [9.17, 15) is 9.59 Å². The highest BCUT2D eigenvalue weighted by Crippen LogP contribution is 2.33. The molecule has 1 N–H and O–H groups in total. The lowest BCUT2D eigenvalue weighted by atomic mass is 10.1. The average Bonchev–Trinajstić information content (AvgIpc) is 3.29. The number of aryl methyl sites for hydroxylation is 1. The Labute approximate surface area is 187 Å². The van der Waals surface area contributed by atoms with E-state index in [1.54, 1.807) is 6.92 Å². The summed E-state index contributed by atoms with van der Waals surface area (Å²) in [7, 11) is 0. The van der Waals surface area contributed by atoms with Crippen molar-refractivity contribution in [2.75, 3.05) is 17.7 Å². The molecule has 0 aliphatic rings. The Morgan fingerprint density at radius 3 is 2.77 bits per heavy atom. The summed E-state index contributed by atoms with van der Waals surface area (Å²) >= 11 is 2.87. The number of pyridine rings is 1. The van der Waals surface area contributed by atoms with Gasteiger partial charge in [0.05, 0.1) is 17.7 Å². The van der Waals surface area contributed by atoms with Gasteiger partial charge in [-0.05, 0) is 49.9 Å². The number of rotatable bonds is 7. The summed E-state index contributed by atoms with van der Waals surface area (Å²) in [6.07, 6.45) is 0.280. The van der Waals surface area contributed by atoms with Gasteiger partial charge in [-0.15, -0.1) is 21.5 Å². The molecule has 9 heteroatoms. The number of ether oxygens (including phenoxy) is 1. The van der Waals surface area contributed by atoms with E-state index in [0.29, 0.717) is 16.3 Å². The summed E-state index contributed by atoms with van der Waals surface area (Å²) in [4.78, 5) is 25.8. The minimum atomic E-state index is -0.407. The lowest BCUT2D eigenvalue weighted by molar-refractivity contribution is -0.115. The predicted molar refractivity (Wildman–Crippen MR) is 124 cm³/mol. The molecule has 7 nitrogen and oxygen atoms in total. The van der Waals surface area contributed by atoms with E-state index in [1.165, 1.54) is 23.1 Å². The van der Waals surface area contributed by atoms with Crippen LogP contribution in [0.1, 0.15) is 34.1 Å². The lowest BCUT2D eigenvalue weighted by Gasteiger charge is -2.07. The molecule has 0 atom stereocenters. The van der Waals surface area contributed by atoms with Gasteiger partial charge in [-0.2, -0.15) is 0 Å². The number of hydrogen-bond acceptors (Lipinski definition) is 7. The molecule has 0 spiro atoms. The number of aromatic nitrogens is 3. The van der Waals surface area contributed by atoms with Crippen LogP contribution in [0.15, 0.2) is 41.6 Å². The first-order valence-corrected chi connectivity index (χ1v) is 11.7. The van der Waals surface area contributed by atoms with Crippen molar-refractivity contribution in [3.05, 3.63) is 52.4 Å². The number of anilines is 1. The van der Waals surface area contributed by atoms with E-state index >= 15 is 0 Å². The standard InChI is InChI=1S/C22H22N4O3S2/c1-4-29-21(28)19-13(2)14(3)31-20(19)23-18(27)11-12-30-22-25-24-17-10-9-15-7-5-6-8-16(15)26(17)22/h5-10H,4,11-12H2,1-3H3,(H,23,27). The summed E-state index contributed by atoms with van der Waals surface area (Å²) in [6, 6.07) is 12.0. The van der Waals surface area contributed by atoms with E-state index in [4.69, 9.17) is 4.74 Å². The van der Waals surface area contributed by atoms with Gasteiger partial charge in [0.15, 0.2) is 10.8 Å². The first-order valence-electron chi connectivity index (χ1n) is 9.92. The maximum Gasteiger partial charge on any atom is 0.341 e. The highest BCUT2D eigenvalue weighted by Gasteiger charge is 2.22. The van der Waals surface area contributed by atoms with Crippen molar-refractivity contribution in [3.63, 3.8) is 0 Å². The fourth-order valence-electron chi connectivity index (χ4n) is 3.29. The van der Waals surface area contributed by atoms with Gasteiger partial charge in [0.25, 0.3) is 0 Å². The van der Waals surface area contributed by atoms with E-state index in [-0.39, 0.29) is 18.9 Å². The lowest BCUT2D eigenvalue weighted by Crippen LogP contribution is -2.15. The van der Waals surface area contributed by atoms with Crippen LogP contribution in [0.4, 0.5) is 5.00 Å². The van der Waals surface area contributed by atoms with E-state index in [1.807, 2.05) is 54.6 Å². The summed E-state index contributed by atoms with van der Waals surface area (Å²) in [5.41, 5.74) is 3.09. The number of thiophene rings is 1. The van der Waals surface area contributed by atoms with Gasteiger partial charge in [-0.3, -0.25) is 9.20 Å². The normalized spacial score (nSPS) is 11.2. The second-order valence-electron chi connectivity index (χ2n) is 6.92. The molecule has 0 saturated heterocycles. The molecule has 4 aromatic rings. The highest BCUT2D eigenvalue weighted by atomic mass is 32.2. The molecule has 0 aliphatic carbocycles. The molecule has 3 heterocycles. The molecule has 0 bridgehead atoms. The summed E-state index contributed by atoms with van der Waals surface area (Å²) in [5.74, 6) is -0.0256. The van der Waals surface area contributed by atoms with Gasteiger partial charge >= 0.3 is 5.97 Å². The van der Waals surface area contributed by atoms with Crippen LogP contribution >= 0.6 is 23.1 Å². The van der Waals surface area contributed by atoms with Crippen molar-refractivity contribution >= 4 is 56.5 Å². The molecule has 0 unspecified atom stereocenters. The fraction of sp³-hybridized carbons (Fsp3) is 0.273. The highest BCUT2D eigenvalue weighted by molar-refractivity contribution is 7.99. The van der Waals surface area contributed by atoms with Gasteiger partial charge in [-0.25, -0.2) is 4.79 Å². The van der Waals surface area contributed by atoms with Gasteiger partial charge in [0, 0.05) is 17.1 Å². The van der Waals surface area contributed by atoms with Gasteiger partial charge < -0.3 is 10.1 Å². The number of carbonyl (C=O) groups is 2. The van der Waals surface area contributed by atoms with Crippen LogP contribution in [0.3, 0.4) is 0 Å². The minimum absolute atomic E-state index is 0.155. The number of amides is 1. The molecule has 1 amide bonds. The summed E-state index contributed by atoms with van der Waals surface area (Å²) in [6.45, 7) is 5.84. The zero-order valence-corrected chi connectivity index (χ0v) is 19.1. The number of thioether (sulfide) groups is 1. The summed E-state index contributed by atoms with van der Waals surface area (Å²) < 4.78 is 7.15. The van der Waals surface area contributed by atoms with Crippen molar-refractivity contribution in [1.82, 2.24) is 14.6 Å². The van der Waals surface area contributed by atoms with Gasteiger partial charge in [0.2, 0.25) is 5.91 Å². The van der Waals surface area contributed by atoms with Crippen LogP contribution in [0.5, 0.6) is 0 Å². The van der Waals surface area contributed by atoms with Crippen molar-refractivity contribution in [1.29, 1.82) is 0 Å². The van der Waals surface area contributed by atoms with Crippen molar-refractivity contribution in [2.45, 2.75) is 32.3 Å². The number of nitrogens with zero attached hydrogens (tertiary/aromatic N) is 3. The average molecular weight is 455 g/mol. The van der Waals surface area contributed by atoms with Crippen molar-refractivity contribution < 1.29 is 14.3 Å². The minimum Gasteiger partial charge on any atom is -0.462 e. The Morgan fingerprint density at radius 1 is 1.16 bits per heavy atom. The zero-order chi connectivity index (χ0) is 22.0. The monoisotopic (exact) mass is 454 g/mol. The Balaban J connectivity index is 1.45. The van der Waals surface area contributed by atoms with E-state index in [2.05, 4.69) is 15.5 Å². The topological polar surface area (TPSA) is 85.6 Å². The molecular weight excluding hydrogens is 432 g/mol. The number of hydrogen-bond donors (Lipinski definition) is 1. The number of fused-ring (bicyclic) bond motifs is 3. The van der Waals surface area contributed by atoms with Crippen LogP contribution in [-0.4, -0.2) is 38.8 Å². The van der Waals surface area contributed by atoms with Crippen LogP contribution in [0.25, 0.3) is 16.6 Å². The molecule has 0 saturated carbocycles. The Bertz CT molecular complexity index is 1280. The van der Waals surface area contributed by atoms with Crippen LogP contribution in [0.2, 0.25) is 0 Å². The van der Waals surface area contributed by atoms with E-state index in [0.717, 1.165) is 32.1 Å². The number of carbonyl (C=O) groups excluding carboxylic acids is 2. The fourth-order valence-corrected chi connectivity index (χ4v) is 5.25. The largest absolute Gasteiger partial charge is 0.462 e.